The second-order valence-electron chi connectivity index (χ2n) is 8.82. The van der Waals surface area contributed by atoms with E-state index in [1.54, 1.807) is 0 Å². The molecule has 5 aromatic rings. The molecule has 0 aliphatic heterocycles. The summed E-state index contributed by atoms with van der Waals surface area (Å²) in [5.74, 6) is 0.800. The lowest BCUT2D eigenvalue weighted by molar-refractivity contribution is 0.0951. The van der Waals surface area contributed by atoms with Gasteiger partial charge in [-0.2, -0.15) is 0 Å². The second-order valence-corrected chi connectivity index (χ2v) is 8.82. The molecule has 0 aliphatic rings. The summed E-state index contributed by atoms with van der Waals surface area (Å²) in [5, 5.41) is 3.02. The minimum Gasteiger partial charge on any atom is -0.378 e. The summed E-state index contributed by atoms with van der Waals surface area (Å²) in [7, 11) is 4.02. The van der Waals surface area contributed by atoms with Crippen molar-refractivity contribution in [1.82, 2.24) is 14.9 Å². The number of hydrogen-bond acceptors (Lipinski definition) is 3. The van der Waals surface area contributed by atoms with Gasteiger partial charge in [-0.05, 0) is 47.5 Å². The lowest BCUT2D eigenvalue weighted by atomic mass is 10.1. The van der Waals surface area contributed by atoms with Crippen LogP contribution in [0.2, 0.25) is 0 Å². The van der Waals surface area contributed by atoms with Crippen LogP contribution in [0.3, 0.4) is 0 Å². The largest absolute Gasteiger partial charge is 0.378 e. The molecule has 188 valence electrons. The normalized spacial score (nSPS) is 10.5. The van der Waals surface area contributed by atoms with Crippen LogP contribution in [0.25, 0.3) is 22.4 Å². The van der Waals surface area contributed by atoms with E-state index in [0.717, 1.165) is 40.2 Å². The van der Waals surface area contributed by atoms with Crippen molar-refractivity contribution in [3.8, 4) is 11.4 Å². The minimum absolute atomic E-state index is 0.0916. The van der Waals surface area contributed by atoms with E-state index in [1.165, 1.54) is 5.56 Å². The molecular weight excluding hydrogens is 456 g/mol. The molecule has 4 aromatic carbocycles. The van der Waals surface area contributed by atoms with Gasteiger partial charge in [0, 0.05) is 44.0 Å². The van der Waals surface area contributed by atoms with Crippen LogP contribution in [-0.2, 0) is 13.1 Å². The van der Waals surface area contributed by atoms with E-state index >= 15 is 0 Å². The molecule has 5 heteroatoms. The number of aromatic nitrogens is 2. The number of para-hydroxylation sites is 2. The van der Waals surface area contributed by atoms with Crippen LogP contribution < -0.4 is 10.2 Å². The van der Waals surface area contributed by atoms with Crippen molar-refractivity contribution in [1.29, 1.82) is 0 Å². The number of carbonyl (C=O) groups is 1. The van der Waals surface area contributed by atoms with E-state index in [2.05, 4.69) is 57.2 Å². The van der Waals surface area contributed by atoms with Crippen molar-refractivity contribution in [3.05, 3.63) is 120 Å². The van der Waals surface area contributed by atoms with E-state index in [-0.39, 0.29) is 5.91 Å². The zero-order chi connectivity index (χ0) is 26.2. The van der Waals surface area contributed by atoms with Gasteiger partial charge in [0.25, 0.3) is 5.91 Å². The van der Waals surface area contributed by atoms with Crippen molar-refractivity contribution >= 4 is 22.6 Å². The number of imidazole rings is 1. The third kappa shape index (κ3) is 6.07. The van der Waals surface area contributed by atoms with Gasteiger partial charge in [-0.3, -0.25) is 4.79 Å². The molecule has 37 heavy (non-hydrogen) atoms. The first kappa shape index (κ1) is 25.7. The van der Waals surface area contributed by atoms with Gasteiger partial charge in [-0.15, -0.1) is 0 Å². The third-order valence-corrected chi connectivity index (χ3v) is 6.15. The highest BCUT2D eigenvalue weighted by molar-refractivity contribution is 5.94. The fourth-order valence-corrected chi connectivity index (χ4v) is 4.19. The van der Waals surface area contributed by atoms with E-state index in [1.807, 2.05) is 88.6 Å². The maximum atomic E-state index is 12.7. The number of rotatable bonds is 7. The number of hydrogen-bond donors (Lipinski definition) is 1. The Morgan fingerprint density at radius 1 is 0.784 bits per heavy atom. The first-order valence-electron chi connectivity index (χ1n) is 12.7. The molecule has 0 aliphatic carbocycles. The summed E-state index contributed by atoms with van der Waals surface area (Å²) in [6, 6.07) is 34.4. The summed E-state index contributed by atoms with van der Waals surface area (Å²) in [6.07, 6.45) is 0. The molecule has 1 heterocycles. The maximum absolute atomic E-state index is 12.7. The Bertz CT molecular complexity index is 1440. The quantitative estimate of drug-likeness (QED) is 0.274. The van der Waals surface area contributed by atoms with Crippen LogP contribution >= 0.6 is 0 Å². The van der Waals surface area contributed by atoms with Gasteiger partial charge in [0.2, 0.25) is 0 Å². The fraction of sp³-hybridized carbons (Fsp3) is 0.188. The Balaban J connectivity index is 0.00000156. The summed E-state index contributed by atoms with van der Waals surface area (Å²) in [5.41, 5.74) is 7.07. The highest BCUT2D eigenvalue weighted by Gasteiger charge is 2.14. The van der Waals surface area contributed by atoms with Crippen LogP contribution in [0, 0.1) is 0 Å². The monoisotopic (exact) mass is 490 g/mol. The van der Waals surface area contributed by atoms with Crippen molar-refractivity contribution < 1.29 is 4.79 Å². The van der Waals surface area contributed by atoms with Gasteiger partial charge in [-0.25, -0.2) is 4.98 Å². The van der Waals surface area contributed by atoms with Crippen molar-refractivity contribution in [2.24, 2.45) is 0 Å². The molecule has 5 nitrogen and oxygen atoms in total. The molecule has 0 saturated carbocycles. The molecule has 0 spiro atoms. The predicted octanol–water partition coefficient (Wildman–Crippen LogP) is 6.77. The average molecular weight is 491 g/mol. The molecule has 0 radical (unpaired) electrons. The number of amides is 1. The smallest absolute Gasteiger partial charge is 0.251 e. The molecular formula is C32H34N4O. The van der Waals surface area contributed by atoms with Gasteiger partial charge < -0.3 is 14.8 Å². The molecule has 0 atom stereocenters. The van der Waals surface area contributed by atoms with Gasteiger partial charge in [0.15, 0.2) is 0 Å². The standard InChI is InChI=1S/C30H28N4O.C2H6/c1-33(2)26-18-12-22(13-19-26)20-31-30(35)25-16-14-24(15-17-25)29-32-27-10-6-7-11-28(27)34(29)21-23-8-4-3-5-9-23;1-2/h3-19H,20-21H2,1-2H3,(H,31,35);1-2H3. The number of benzene rings is 4. The summed E-state index contributed by atoms with van der Waals surface area (Å²) in [4.78, 5) is 19.7. The van der Waals surface area contributed by atoms with Gasteiger partial charge >= 0.3 is 0 Å². The highest BCUT2D eigenvalue weighted by Crippen LogP contribution is 2.26. The number of nitrogens with one attached hydrogen (secondary N) is 1. The second kappa shape index (κ2) is 12.0. The molecule has 0 fully saturated rings. The fourth-order valence-electron chi connectivity index (χ4n) is 4.19. The van der Waals surface area contributed by atoms with Crippen LogP contribution in [0.4, 0.5) is 5.69 Å². The Morgan fingerprint density at radius 3 is 2.11 bits per heavy atom. The topological polar surface area (TPSA) is 50.2 Å². The Morgan fingerprint density at radius 2 is 1.43 bits per heavy atom. The van der Waals surface area contributed by atoms with Gasteiger partial charge in [0.1, 0.15) is 5.82 Å². The third-order valence-electron chi connectivity index (χ3n) is 6.15. The zero-order valence-corrected chi connectivity index (χ0v) is 22.0. The molecule has 1 N–H and O–H groups in total. The lowest BCUT2D eigenvalue weighted by Gasteiger charge is -2.13. The Kier molecular flexibility index (Phi) is 8.37. The summed E-state index contributed by atoms with van der Waals surface area (Å²) in [6.45, 7) is 5.21. The van der Waals surface area contributed by atoms with Gasteiger partial charge in [0.05, 0.1) is 11.0 Å². The van der Waals surface area contributed by atoms with E-state index < -0.39 is 0 Å². The molecule has 0 unspecified atom stereocenters. The van der Waals surface area contributed by atoms with Crippen LogP contribution in [0.15, 0.2) is 103 Å². The maximum Gasteiger partial charge on any atom is 0.251 e. The first-order chi connectivity index (χ1) is 18.1. The highest BCUT2D eigenvalue weighted by atomic mass is 16.1. The summed E-state index contributed by atoms with van der Waals surface area (Å²) >= 11 is 0. The van der Waals surface area contributed by atoms with E-state index in [0.29, 0.717) is 12.1 Å². The minimum atomic E-state index is -0.0916. The number of nitrogens with zero attached hydrogens (tertiary/aromatic N) is 3. The van der Waals surface area contributed by atoms with E-state index in [4.69, 9.17) is 4.98 Å². The van der Waals surface area contributed by atoms with Gasteiger partial charge in [-0.1, -0.05) is 80.6 Å². The van der Waals surface area contributed by atoms with E-state index in [9.17, 15) is 4.79 Å². The SMILES string of the molecule is CC.CN(C)c1ccc(CNC(=O)c2ccc(-c3nc4ccccc4n3Cc3ccccc3)cc2)cc1. The molecule has 1 amide bonds. The Hall–Kier alpha value is -4.38. The average Bonchev–Trinajstić information content (AvgIpc) is 3.32. The zero-order valence-electron chi connectivity index (χ0n) is 22.0. The van der Waals surface area contributed by atoms with Crippen LogP contribution in [-0.4, -0.2) is 29.6 Å². The van der Waals surface area contributed by atoms with Crippen LogP contribution in [0.1, 0.15) is 35.3 Å². The van der Waals surface area contributed by atoms with Crippen molar-refractivity contribution in [2.75, 3.05) is 19.0 Å². The van der Waals surface area contributed by atoms with Crippen molar-refractivity contribution in [3.63, 3.8) is 0 Å². The molecule has 5 rings (SSSR count). The predicted molar refractivity (Wildman–Crippen MR) is 154 cm³/mol. The van der Waals surface area contributed by atoms with Crippen LogP contribution in [0.5, 0.6) is 0 Å². The number of fused-ring (bicyclic) bond motifs is 1. The van der Waals surface area contributed by atoms with Crippen molar-refractivity contribution in [2.45, 2.75) is 26.9 Å². The molecule has 0 saturated heterocycles. The Labute approximate surface area is 219 Å². The molecule has 1 aromatic heterocycles. The lowest BCUT2D eigenvalue weighted by Crippen LogP contribution is -2.22. The number of anilines is 1. The number of carbonyl (C=O) groups excluding carboxylic acids is 1. The first-order valence-corrected chi connectivity index (χ1v) is 12.7. The summed E-state index contributed by atoms with van der Waals surface area (Å²) < 4.78 is 2.23. The molecule has 0 bridgehead atoms.